The van der Waals surface area contributed by atoms with Gasteiger partial charge in [0, 0.05) is 4.91 Å². The standard InChI is InChI=1S/C2HN5O2/c3-7-5-1-4-2(8)9-6-1/h(H,4,6,8). The van der Waals surface area contributed by atoms with Crippen molar-refractivity contribution in [1.82, 2.24) is 10.1 Å². The third-order valence-electron chi connectivity index (χ3n) is 0.568. The van der Waals surface area contributed by atoms with Crippen LogP contribution in [0.25, 0.3) is 10.4 Å². The molecule has 0 bridgehead atoms. The van der Waals surface area contributed by atoms with Crippen LogP contribution in [0.15, 0.2) is 14.4 Å². The van der Waals surface area contributed by atoms with Crippen LogP contribution in [0.4, 0.5) is 5.95 Å². The highest BCUT2D eigenvalue weighted by Gasteiger charge is 1.92. The minimum atomic E-state index is -0.739. The quantitative estimate of drug-likeness (QED) is 0.333. The van der Waals surface area contributed by atoms with Gasteiger partial charge in [-0.3, -0.25) is 9.51 Å². The largest absolute Gasteiger partial charge is 0.439 e. The molecular weight excluding hydrogens is 126 g/mol. The number of H-pyrrole nitrogens is 1. The highest BCUT2D eigenvalue weighted by Crippen LogP contribution is 1.95. The fourth-order valence-electron chi connectivity index (χ4n) is 0.307. The van der Waals surface area contributed by atoms with Crippen molar-refractivity contribution in [2.75, 3.05) is 0 Å². The van der Waals surface area contributed by atoms with E-state index in [2.05, 4.69) is 19.7 Å². The molecule has 0 spiro atoms. The molecule has 0 aliphatic carbocycles. The summed E-state index contributed by atoms with van der Waals surface area (Å²) in [5, 5.41) is 5.99. The molecular formula is C2HN5O2. The predicted octanol–water partition coefficient (Wildman–Crippen LogP) is 0.305. The van der Waals surface area contributed by atoms with Crippen LogP contribution in [0.2, 0.25) is 0 Å². The van der Waals surface area contributed by atoms with Crippen LogP contribution in [0, 0.1) is 0 Å². The second kappa shape index (κ2) is 2.01. The molecule has 0 unspecified atom stereocenters. The highest BCUT2D eigenvalue weighted by atomic mass is 16.5. The second-order valence-electron chi connectivity index (χ2n) is 1.11. The zero-order valence-corrected chi connectivity index (χ0v) is 4.11. The lowest BCUT2D eigenvalue weighted by molar-refractivity contribution is 0.387. The van der Waals surface area contributed by atoms with Gasteiger partial charge in [0.25, 0.3) is 0 Å². The van der Waals surface area contributed by atoms with E-state index >= 15 is 0 Å². The van der Waals surface area contributed by atoms with E-state index < -0.39 is 5.76 Å². The molecule has 0 saturated carbocycles. The molecule has 0 amide bonds. The summed E-state index contributed by atoms with van der Waals surface area (Å²) >= 11 is 0. The molecule has 0 aromatic carbocycles. The molecule has 7 heteroatoms. The van der Waals surface area contributed by atoms with Crippen molar-refractivity contribution in [2.45, 2.75) is 0 Å². The Morgan fingerprint density at radius 2 is 2.67 bits per heavy atom. The Morgan fingerprint density at radius 3 is 3.11 bits per heavy atom. The van der Waals surface area contributed by atoms with Crippen molar-refractivity contribution in [3.05, 3.63) is 21.0 Å². The average Bonchev–Trinajstić information content (AvgIpc) is 2.17. The first-order chi connectivity index (χ1) is 4.33. The van der Waals surface area contributed by atoms with Gasteiger partial charge in [0.05, 0.1) is 0 Å². The van der Waals surface area contributed by atoms with E-state index in [0.29, 0.717) is 0 Å². The molecule has 0 aliphatic heterocycles. The van der Waals surface area contributed by atoms with Gasteiger partial charge >= 0.3 is 5.76 Å². The molecule has 0 radical (unpaired) electrons. The van der Waals surface area contributed by atoms with Crippen LogP contribution >= 0.6 is 0 Å². The van der Waals surface area contributed by atoms with Crippen molar-refractivity contribution in [3.63, 3.8) is 0 Å². The lowest BCUT2D eigenvalue weighted by atomic mass is 11.1. The number of rotatable bonds is 1. The molecule has 46 valence electrons. The fourth-order valence-corrected chi connectivity index (χ4v) is 0.307. The fraction of sp³-hybridized carbons (Fsp3) is 0. The molecule has 0 atom stereocenters. The van der Waals surface area contributed by atoms with Crippen molar-refractivity contribution in [3.8, 4) is 0 Å². The molecule has 9 heavy (non-hydrogen) atoms. The lowest BCUT2D eigenvalue weighted by Crippen LogP contribution is -1.92. The van der Waals surface area contributed by atoms with Crippen LogP contribution in [0.3, 0.4) is 0 Å². The van der Waals surface area contributed by atoms with E-state index in [1.807, 2.05) is 4.98 Å². The van der Waals surface area contributed by atoms with Gasteiger partial charge in [-0.25, -0.2) is 4.79 Å². The van der Waals surface area contributed by atoms with E-state index in [0.717, 1.165) is 0 Å². The van der Waals surface area contributed by atoms with E-state index in [9.17, 15) is 4.79 Å². The average molecular weight is 127 g/mol. The minimum Gasteiger partial charge on any atom is -0.296 e. The Labute approximate surface area is 47.9 Å². The Morgan fingerprint density at radius 1 is 1.89 bits per heavy atom. The van der Waals surface area contributed by atoms with Crippen molar-refractivity contribution in [2.24, 2.45) is 5.11 Å². The van der Waals surface area contributed by atoms with Crippen molar-refractivity contribution >= 4 is 5.95 Å². The highest BCUT2D eigenvalue weighted by molar-refractivity contribution is 5.06. The lowest BCUT2D eigenvalue weighted by Gasteiger charge is -1.65. The van der Waals surface area contributed by atoms with Gasteiger partial charge in [-0.15, -0.1) is 0 Å². The van der Waals surface area contributed by atoms with Gasteiger partial charge in [-0.2, -0.15) is 0 Å². The Bertz CT molecular complexity index is 290. The third-order valence-corrected chi connectivity index (χ3v) is 0.568. The monoisotopic (exact) mass is 127 g/mol. The number of aromatic nitrogens is 2. The Kier molecular flexibility index (Phi) is 1.21. The van der Waals surface area contributed by atoms with Crippen molar-refractivity contribution < 1.29 is 4.52 Å². The molecule has 1 aromatic heterocycles. The number of nitrogens with zero attached hydrogens (tertiary/aromatic N) is 4. The summed E-state index contributed by atoms with van der Waals surface area (Å²) in [6.07, 6.45) is 0. The third kappa shape index (κ3) is 1.07. The van der Waals surface area contributed by atoms with Crippen LogP contribution in [-0.2, 0) is 0 Å². The second-order valence-corrected chi connectivity index (χ2v) is 1.11. The first kappa shape index (κ1) is 5.39. The number of nitrogens with one attached hydrogen (secondary N) is 1. The Balaban J connectivity index is 3.12. The van der Waals surface area contributed by atoms with E-state index in [4.69, 9.17) is 5.53 Å². The number of hydrogen-bond donors (Lipinski definition) is 1. The zero-order chi connectivity index (χ0) is 6.69. The van der Waals surface area contributed by atoms with Crippen molar-refractivity contribution in [1.29, 1.82) is 0 Å². The first-order valence-corrected chi connectivity index (χ1v) is 1.94. The zero-order valence-electron chi connectivity index (χ0n) is 4.11. The molecule has 1 heterocycles. The molecule has 0 fully saturated rings. The summed E-state index contributed by atoms with van der Waals surface area (Å²) in [5.41, 5.74) is 7.78. The van der Waals surface area contributed by atoms with Gasteiger partial charge in [-0.05, 0) is 10.6 Å². The van der Waals surface area contributed by atoms with E-state index in [1.165, 1.54) is 0 Å². The maximum atomic E-state index is 10.1. The maximum absolute atomic E-state index is 10.1. The summed E-state index contributed by atoms with van der Waals surface area (Å²) in [6, 6.07) is 0. The molecule has 7 nitrogen and oxygen atoms in total. The SMILES string of the molecule is [N-]=[N+]=Nc1noc(=O)[nH]1. The summed E-state index contributed by atoms with van der Waals surface area (Å²) in [5.74, 6) is -0.903. The van der Waals surface area contributed by atoms with Crippen LogP contribution in [-0.4, -0.2) is 10.1 Å². The minimum absolute atomic E-state index is 0.164. The summed E-state index contributed by atoms with van der Waals surface area (Å²) in [4.78, 5) is 14.5. The number of aromatic amines is 1. The van der Waals surface area contributed by atoms with Gasteiger partial charge in [0.2, 0.25) is 5.95 Å². The van der Waals surface area contributed by atoms with Gasteiger partial charge in [0.1, 0.15) is 0 Å². The molecule has 0 saturated heterocycles. The summed E-state index contributed by atoms with van der Waals surface area (Å²) < 4.78 is 3.99. The van der Waals surface area contributed by atoms with Gasteiger partial charge in [0.15, 0.2) is 0 Å². The molecule has 1 rings (SSSR count). The van der Waals surface area contributed by atoms with Crippen LogP contribution in [0.5, 0.6) is 0 Å². The normalized spacial score (nSPS) is 8.44. The van der Waals surface area contributed by atoms with Crippen LogP contribution < -0.4 is 5.76 Å². The topological polar surface area (TPSA) is 108 Å². The summed E-state index contributed by atoms with van der Waals surface area (Å²) in [7, 11) is 0. The van der Waals surface area contributed by atoms with Gasteiger partial charge < -0.3 is 0 Å². The molecule has 1 aromatic rings. The molecule has 1 N–H and O–H groups in total. The first-order valence-electron chi connectivity index (χ1n) is 1.94. The van der Waals surface area contributed by atoms with E-state index in [1.54, 1.807) is 0 Å². The smallest absolute Gasteiger partial charge is 0.296 e. The number of azide groups is 1. The van der Waals surface area contributed by atoms with E-state index in [-0.39, 0.29) is 5.95 Å². The van der Waals surface area contributed by atoms with Gasteiger partial charge in [-0.1, -0.05) is 5.16 Å². The Hall–Kier alpha value is -1.75. The summed E-state index contributed by atoms with van der Waals surface area (Å²) in [6.45, 7) is 0. The maximum Gasteiger partial charge on any atom is 0.439 e. The molecule has 0 aliphatic rings. The van der Waals surface area contributed by atoms with Crippen LogP contribution in [0.1, 0.15) is 0 Å². The predicted molar refractivity (Wildman–Crippen MR) is 25.9 cm³/mol. The number of hydrogen-bond acceptors (Lipinski definition) is 4.